The van der Waals surface area contributed by atoms with E-state index in [9.17, 15) is 0 Å². The first-order chi connectivity index (χ1) is 1.73. The molecule has 0 rings (SSSR count). The minimum absolute atomic E-state index is 0. The average Bonchev–Trinajstić information content (AvgIpc) is 0.811. The van der Waals surface area contributed by atoms with Crippen LogP contribution in [-0.4, -0.2) is 42.1 Å². The molecule has 0 saturated heterocycles. The average molecular weight is 505 g/mol. The summed E-state index contributed by atoms with van der Waals surface area (Å²) in [5, 5.41) is 0. The molecule has 0 bridgehead atoms. The fourth-order valence-corrected chi connectivity index (χ4v) is 0. The molecule has 44 valence electrons. The predicted molar refractivity (Wildman–Crippen MR) is 29.1 cm³/mol. The zero-order valence-electron chi connectivity index (χ0n) is 2.84. The Hall–Kier alpha value is 3.13. The van der Waals surface area contributed by atoms with Crippen molar-refractivity contribution in [3.05, 3.63) is 0 Å². The Labute approximate surface area is 90.7 Å². The van der Waals surface area contributed by atoms with Gasteiger partial charge in [-0.2, -0.15) is 0 Å². The van der Waals surface area contributed by atoms with Crippen LogP contribution in [0.3, 0.4) is 0 Å². The molecule has 0 N–H and O–H groups in total. The van der Waals surface area contributed by atoms with Crippen molar-refractivity contribution < 1.29 is 24.8 Å². The summed E-state index contributed by atoms with van der Waals surface area (Å²) in [7, 11) is 15.0. The van der Waals surface area contributed by atoms with E-state index in [2.05, 4.69) is 0 Å². The summed E-state index contributed by atoms with van der Waals surface area (Å²) in [6.07, 6.45) is 0. The van der Waals surface area contributed by atoms with E-state index < -0.39 is 18.2 Å². The summed E-state index contributed by atoms with van der Waals surface area (Å²) in [5.41, 5.74) is 0. The molecule has 0 aliphatic heterocycles. The van der Waals surface area contributed by atoms with E-state index in [-0.39, 0.29) is 48.7 Å². The number of hydrogen-bond acceptors (Lipinski definition) is 0. The maximum absolute atomic E-state index is 5.01. The molecule has 0 unspecified atom stereocenters. The zero-order chi connectivity index (χ0) is 3.58. The van der Waals surface area contributed by atoms with Crippen LogP contribution in [0.25, 0.3) is 0 Å². The van der Waals surface area contributed by atoms with Gasteiger partial charge in [-0.3, -0.25) is 0 Å². The van der Waals surface area contributed by atoms with Gasteiger partial charge >= 0.3 is 67.6 Å². The molecular formula is BiCl5Sn. The fraction of sp³-hybridized carbons (Fsp3) is 0. The van der Waals surface area contributed by atoms with Crippen molar-refractivity contribution in [1.82, 2.24) is 0 Å². The predicted octanol–water partition coefficient (Wildman–Crippen LogP) is -4.69. The first-order valence-corrected chi connectivity index (χ1v) is 13.3. The second kappa shape index (κ2) is 16.1. The van der Waals surface area contributed by atoms with E-state index in [0.29, 0.717) is 0 Å². The van der Waals surface area contributed by atoms with Crippen molar-refractivity contribution in [2.24, 2.45) is 0 Å². The molecule has 7 heavy (non-hydrogen) atoms. The van der Waals surface area contributed by atoms with Gasteiger partial charge in [0, 0.05) is 0 Å². The molecule has 7 heteroatoms. The van der Waals surface area contributed by atoms with E-state index in [1.165, 1.54) is 0 Å². The van der Waals surface area contributed by atoms with Crippen LogP contribution in [0, 0.1) is 0 Å². The topological polar surface area (TPSA) is 0 Å². The Morgan fingerprint density at radius 1 is 0.857 bits per heavy atom. The minimum Gasteiger partial charge on any atom is 2.00 e. The van der Waals surface area contributed by atoms with Crippen LogP contribution in [-0.2, 0) is 0 Å². The van der Waals surface area contributed by atoms with E-state index in [1.807, 2.05) is 0 Å². The van der Waals surface area contributed by atoms with Gasteiger partial charge in [-0.15, -0.1) is 0 Å². The molecule has 0 aliphatic carbocycles. The Bertz CT molecular complexity index is 12.8. The molecule has 0 amide bonds. The summed E-state index contributed by atoms with van der Waals surface area (Å²) in [4.78, 5) is 0. The summed E-state index contributed by atoms with van der Waals surface area (Å²) in [5.74, 6) is 0. The minimum atomic E-state index is -2.18. The molecular weight excluding hydrogens is 505 g/mol. The largest absolute Gasteiger partial charge is 2.00 e. The van der Waals surface area contributed by atoms with Gasteiger partial charge in [-0.1, -0.05) is 0 Å². The second-order valence-corrected chi connectivity index (χ2v) is 15.1. The number of hydrogen-bond donors (Lipinski definition) is 0. The van der Waals surface area contributed by atoms with Crippen LogP contribution < -0.4 is 24.8 Å². The second-order valence-electron chi connectivity index (χ2n) is 0.192. The Kier molecular flexibility index (Phi) is 51.6. The van der Waals surface area contributed by atoms with Crippen LogP contribution in [0.5, 0.6) is 0 Å². The van der Waals surface area contributed by atoms with Crippen LogP contribution in [0.2, 0.25) is 0 Å². The van der Waals surface area contributed by atoms with Gasteiger partial charge in [0.1, 0.15) is 0 Å². The smallest absolute Gasteiger partial charge is 2.00 e. The molecule has 0 aromatic carbocycles. The maximum atomic E-state index is 5.01. The molecule has 0 heterocycles. The van der Waals surface area contributed by atoms with Gasteiger partial charge in [0.25, 0.3) is 0 Å². The number of halogens is 5. The van der Waals surface area contributed by atoms with Gasteiger partial charge in [-0.05, 0) is 0 Å². The van der Waals surface area contributed by atoms with Gasteiger partial charge in [-0.25, -0.2) is 0 Å². The summed E-state index contributed by atoms with van der Waals surface area (Å²) in [6, 6.07) is 0. The van der Waals surface area contributed by atoms with E-state index in [1.54, 1.807) is 0 Å². The van der Waals surface area contributed by atoms with Crippen LogP contribution in [0.15, 0.2) is 0 Å². The van der Waals surface area contributed by atoms with Crippen molar-refractivity contribution in [2.75, 3.05) is 0 Å². The molecule has 0 aromatic heterocycles. The molecule has 0 saturated carbocycles. The summed E-state index contributed by atoms with van der Waals surface area (Å²) < 4.78 is 0. The van der Waals surface area contributed by atoms with Gasteiger partial charge in [0.2, 0.25) is 0 Å². The van der Waals surface area contributed by atoms with Crippen molar-refractivity contribution in [3.8, 4) is 0 Å². The van der Waals surface area contributed by atoms with Gasteiger partial charge < -0.3 is 24.8 Å². The van der Waals surface area contributed by atoms with Gasteiger partial charge in [0.05, 0.1) is 0 Å². The van der Waals surface area contributed by atoms with E-state index >= 15 is 0 Å². The molecule has 0 atom stereocenters. The quantitative estimate of drug-likeness (QED) is 0.291. The zero-order valence-corrected chi connectivity index (χ0v) is 12.9. The third-order valence-electron chi connectivity index (χ3n) is 0. The molecule has 0 fully saturated rings. The van der Waals surface area contributed by atoms with Crippen LogP contribution in [0.1, 0.15) is 0 Å². The van der Waals surface area contributed by atoms with E-state index in [4.69, 9.17) is 25.5 Å². The molecule has 0 nitrogen and oxygen atoms in total. The molecule has 0 spiro atoms. The maximum Gasteiger partial charge on any atom is 2.00 e. The third-order valence-corrected chi connectivity index (χ3v) is 0. The fourth-order valence-electron chi connectivity index (χ4n) is 0. The Morgan fingerprint density at radius 3 is 0.857 bits per heavy atom. The van der Waals surface area contributed by atoms with Crippen LogP contribution >= 0.6 is 25.5 Å². The monoisotopic (exact) mass is 504 g/mol. The Morgan fingerprint density at radius 2 is 0.857 bits per heavy atom. The third kappa shape index (κ3) is 47.4. The normalized spacial score (nSPS) is 5.14. The Balaban J connectivity index is -0.0000000150. The molecule has 0 aromatic rings. The number of rotatable bonds is 0. The summed E-state index contributed by atoms with van der Waals surface area (Å²) >= 11 is -2.18. The first kappa shape index (κ1) is 22.5. The van der Waals surface area contributed by atoms with Crippen molar-refractivity contribution >= 4 is 67.6 Å². The molecule has 2 radical (unpaired) electrons. The van der Waals surface area contributed by atoms with Crippen molar-refractivity contribution in [3.63, 3.8) is 0 Å². The van der Waals surface area contributed by atoms with Crippen molar-refractivity contribution in [2.45, 2.75) is 0 Å². The SMILES string of the molecule is [Cl-].[Cl-].[Cl][Bi]([Cl])[Cl].[Sn+2]. The van der Waals surface area contributed by atoms with Crippen LogP contribution in [0.4, 0.5) is 0 Å². The first-order valence-electron chi connectivity index (χ1n) is 0.507. The van der Waals surface area contributed by atoms with Gasteiger partial charge in [0.15, 0.2) is 0 Å². The molecule has 0 aliphatic rings. The van der Waals surface area contributed by atoms with Crippen molar-refractivity contribution in [1.29, 1.82) is 0 Å². The van der Waals surface area contributed by atoms with E-state index in [0.717, 1.165) is 0 Å². The summed E-state index contributed by atoms with van der Waals surface area (Å²) in [6.45, 7) is 0. The standard InChI is InChI=1S/Bi.5ClH.Sn/h;5*1H;/q+3;;;;;;+2/p-5.